The predicted molar refractivity (Wildman–Crippen MR) is 89.9 cm³/mol. The minimum absolute atomic E-state index is 0.146. The van der Waals surface area contributed by atoms with E-state index < -0.39 is 23.5 Å². The lowest BCUT2D eigenvalue weighted by atomic mass is 10.0. The quantitative estimate of drug-likeness (QED) is 0.308. The number of Topliss-reactive ketones (excluding diaryl/α,β-unsaturated/α-hetero) is 2. The van der Waals surface area contributed by atoms with E-state index in [2.05, 4.69) is 0 Å². The van der Waals surface area contributed by atoms with E-state index in [1.54, 1.807) is 0 Å². The Morgan fingerprint density at radius 1 is 0.417 bits per heavy atom. The van der Waals surface area contributed by atoms with Crippen molar-refractivity contribution in [2.24, 2.45) is 0 Å². The summed E-state index contributed by atoms with van der Waals surface area (Å²) in [5.41, 5.74) is 0. The number of rotatable bonds is 17. The zero-order valence-corrected chi connectivity index (χ0v) is 14.4. The van der Waals surface area contributed by atoms with Crippen molar-refractivity contribution in [1.82, 2.24) is 0 Å². The number of ketones is 2. The van der Waals surface area contributed by atoms with Gasteiger partial charge >= 0.3 is 11.9 Å². The molecule has 0 heterocycles. The molecule has 0 unspecified atom stereocenters. The molecule has 138 valence electrons. The third-order valence-corrected chi connectivity index (χ3v) is 4.03. The Hall–Kier alpha value is -1.72. The maximum absolute atomic E-state index is 10.9. The van der Waals surface area contributed by atoms with Crippen molar-refractivity contribution in [1.29, 1.82) is 0 Å². The highest BCUT2D eigenvalue weighted by Gasteiger charge is 2.10. The van der Waals surface area contributed by atoms with Crippen molar-refractivity contribution < 1.29 is 29.4 Å². The van der Waals surface area contributed by atoms with Crippen molar-refractivity contribution in [3.05, 3.63) is 0 Å². The van der Waals surface area contributed by atoms with Gasteiger partial charge < -0.3 is 10.2 Å². The summed E-state index contributed by atoms with van der Waals surface area (Å²) in [5, 5.41) is 16.9. The fourth-order valence-corrected chi connectivity index (χ4v) is 2.55. The van der Waals surface area contributed by atoms with Gasteiger partial charge in [0.15, 0.2) is 0 Å². The van der Waals surface area contributed by atoms with E-state index in [4.69, 9.17) is 10.2 Å². The minimum Gasteiger partial charge on any atom is -0.476 e. The number of carbonyl (C=O) groups is 4. The van der Waals surface area contributed by atoms with Crippen molar-refractivity contribution >= 4 is 23.5 Å². The molecule has 0 aromatic heterocycles. The smallest absolute Gasteiger partial charge is 0.372 e. The minimum atomic E-state index is -1.33. The second-order valence-electron chi connectivity index (χ2n) is 6.20. The fourth-order valence-electron chi connectivity index (χ4n) is 2.55. The Morgan fingerprint density at radius 2 is 0.625 bits per heavy atom. The van der Waals surface area contributed by atoms with E-state index in [1.807, 2.05) is 0 Å². The molecule has 0 aromatic carbocycles. The van der Waals surface area contributed by atoms with Crippen molar-refractivity contribution in [2.75, 3.05) is 0 Å². The summed E-state index contributed by atoms with van der Waals surface area (Å²) in [7, 11) is 0. The zero-order chi connectivity index (χ0) is 18.2. The number of carbonyl (C=O) groups excluding carboxylic acids is 2. The van der Waals surface area contributed by atoms with Gasteiger partial charge in [-0.15, -0.1) is 0 Å². The molecule has 0 aliphatic heterocycles. The Bertz CT molecular complexity index is 364. The number of hydrogen-bond donors (Lipinski definition) is 2. The third-order valence-electron chi connectivity index (χ3n) is 4.03. The molecule has 0 radical (unpaired) electrons. The second-order valence-corrected chi connectivity index (χ2v) is 6.20. The molecule has 6 heteroatoms. The lowest BCUT2D eigenvalue weighted by molar-refractivity contribution is -0.149. The molecule has 0 spiro atoms. The molecule has 0 aliphatic rings. The molecular weight excluding hydrogens is 312 g/mol. The van der Waals surface area contributed by atoms with E-state index in [-0.39, 0.29) is 12.8 Å². The van der Waals surface area contributed by atoms with Gasteiger partial charge in [0.25, 0.3) is 0 Å². The third kappa shape index (κ3) is 13.9. The fraction of sp³-hybridized carbons (Fsp3) is 0.778. The van der Waals surface area contributed by atoms with Gasteiger partial charge in [-0.05, 0) is 12.8 Å². The van der Waals surface area contributed by atoms with Crippen LogP contribution in [0, 0.1) is 0 Å². The summed E-state index contributed by atoms with van der Waals surface area (Å²) in [6.07, 6.45) is 12.5. The molecular formula is C18H30O6. The molecule has 6 nitrogen and oxygen atoms in total. The summed E-state index contributed by atoms with van der Waals surface area (Å²) < 4.78 is 0. The van der Waals surface area contributed by atoms with Gasteiger partial charge in [-0.3, -0.25) is 9.59 Å². The summed E-state index contributed by atoms with van der Waals surface area (Å²) in [5.74, 6) is -4.04. The lowest BCUT2D eigenvalue weighted by Crippen LogP contribution is -2.11. The molecule has 0 saturated heterocycles. The first-order valence-electron chi connectivity index (χ1n) is 8.97. The van der Waals surface area contributed by atoms with Crippen LogP contribution < -0.4 is 0 Å². The molecule has 0 atom stereocenters. The van der Waals surface area contributed by atoms with E-state index in [0.29, 0.717) is 12.8 Å². The van der Waals surface area contributed by atoms with Crippen LogP contribution in [0.4, 0.5) is 0 Å². The van der Waals surface area contributed by atoms with Gasteiger partial charge in [-0.1, -0.05) is 64.2 Å². The van der Waals surface area contributed by atoms with Crippen LogP contribution in [0.2, 0.25) is 0 Å². The van der Waals surface area contributed by atoms with Crippen molar-refractivity contribution in [3.8, 4) is 0 Å². The average Bonchev–Trinajstić information content (AvgIpc) is 2.54. The van der Waals surface area contributed by atoms with Crippen molar-refractivity contribution in [3.63, 3.8) is 0 Å². The largest absolute Gasteiger partial charge is 0.476 e. The van der Waals surface area contributed by atoms with Crippen LogP contribution in [-0.4, -0.2) is 33.7 Å². The van der Waals surface area contributed by atoms with Gasteiger partial charge in [0, 0.05) is 12.8 Å². The Kier molecular flexibility index (Phi) is 13.8. The standard InChI is InChI=1S/C18H30O6/c19-15(17(21)22)13-11-9-7-5-3-1-2-4-6-8-10-12-14-16(20)18(23)24/h1-14H2,(H,21,22)(H,23,24). The summed E-state index contributed by atoms with van der Waals surface area (Å²) in [6, 6.07) is 0. The summed E-state index contributed by atoms with van der Waals surface area (Å²) in [6.45, 7) is 0. The van der Waals surface area contributed by atoms with Crippen LogP contribution in [0.3, 0.4) is 0 Å². The number of hydrogen-bond acceptors (Lipinski definition) is 4. The first kappa shape index (κ1) is 22.3. The summed E-state index contributed by atoms with van der Waals surface area (Å²) >= 11 is 0. The number of carboxylic acids is 2. The maximum atomic E-state index is 10.9. The van der Waals surface area contributed by atoms with Crippen LogP contribution in [0.25, 0.3) is 0 Å². The highest BCUT2D eigenvalue weighted by molar-refractivity contribution is 6.32. The van der Waals surface area contributed by atoms with Gasteiger partial charge in [0.05, 0.1) is 0 Å². The number of unbranched alkanes of at least 4 members (excludes halogenated alkanes) is 11. The molecule has 0 saturated carbocycles. The first-order chi connectivity index (χ1) is 11.4. The summed E-state index contributed by atoms with van der Waals surface area (Å²) in [4.78, 5) is 42.4. The maximum Gasteiger partial charge on any atom is 0.372 e. The average molecular weight is 342 g/mol. The van der Waals surface area contributed by atoms with Crippen molar-refractivity contribution in [2.45, 2.75) is 89.9 Å². The first-order valence-corrected chi connectivity index (χ1v) is 8.97. The topological polar surface area (TPSA) is 109 Å². The van der Waals surface area contributed by atoms with E-state index in [1.165, 1.54) is 25.7 Å². The molecule has 0 rings (SSSR count). The monoisotopic (exact) mass is 342 g/mol. The van der Waals surface area contributed by atoms with Crippen LogP contribution in [-0.2, 0) is 19.2 Å². The molecule has 2 N–H and O–H groups in total. The Morgan fingerprint density at radius 3 is 0.833 bits per heavy atom. The molecule has 0 aliphatic carbocycles. The Balaban J connectivity index is 3.18. The highest BCUT2D eigenvalue weighted by Crippen LogP contribution is 2.13. The van der Waals surface area contributed by atoms with Crippen LogP contribution >= 0.6 is 0 Å². The van der Waals surface area contributed by atoms with Gasteiger partial charge in [0.1, 0.15) is 0 Å². The SMILES string of the molecule is O=C(O)C(=O)CCCCCCCCCCCCCCC(=O)C(=O)O. The van der Waals surface area contributed by atoms with Gasteiger partial charge in [0.2, 0.25) is 11.6 Å². The molecule has 24 heavy (non-hydrogen) atoms. The Labute approximate surface area is 143 Å². The van der Waals surface area contributed by atoms with Gasteiger partial charge in [-0.2, -0.15) is 0 Å². The second kappa shape index (κ2) is 14.8. The zero-order valence-electron chi connectivity index (χ0n) is 14.4. The molecule has 0 aromatic rings. The number of carboxylic acid groups (broad SMARTS) is 2. The highest BCUT2D eigenvalue weighted by atomic mass is 16.4. The van der Waals surface area contributed by atoms with E-state index >= 15 is 0 Å². The lowest BCUT2D eigenvalue weighted by Gasteiger charge is -2.03. The van der Waals surface area contributed by atoms with E-state index in [9.17, 15) is 19.2 Å². The van der Waals surface area contributed by atoms with E-state index in [0.717, 1.165) is 38.5 Å². The van der Waals surface area contributed by atoms with Crippen LogP contribution in [0.5, 0.6) is 0 Å². The molecule has 0 bridgehead atoms. The molecule has 0 fully saturated rings. The van der Waals surface area contributed by atoms with Crippen LogP contribution in [0.1, 0.15) is 89.9 Å². The van der Waals surface area contributed by atoms with Crippen LogP contribution in [0.15, 0.2) is 0 Å². The van der Waals surface area contributed by atoms with Gasteiger partial charge in [-0.25, -0.2) is 9.59 Å². The predicted octanol–water partition coefficient (Wildman–Crippen LogP) is 3.76. The number of aliphatic carboxylic acids is 2. The molecule has 0 amide bonds. The normalized spacial score (nSPS) is 10.5.